The molecule has 0 aliphatic heterocycles. The minimum Gasteiger partial charge on any atom is -0.345 e. The number of nitrogens with zero attached hydrogens (tertiary/aromatic N) is 2. The predicted molar refractivity (Wildman–Crippen MR) is 91.7 cm³/mol. The first kappa shape index (κ1) is 16.1. The third-order valence-corrected chi connectivity index (χ3v) is 4.78. The van der Waals surface area contributed by atoms with Gasteiger partial charge in [-0.25, -0.2) is 0 Å². The highest BCUT2D eigenvalue weighted by Gasteiger charge is 2.18. The molecule has 1 aliphatic carbocycles. The summed E-state index contributed by atoms with van der Waals surface area (Å²) < 4.78 is 1.96. The number of hydrogen-bond acceptors (Lipinski definition) is 2. The van der Waals surface area contributed by atoms with E-state index in [0.717, 1.165) is 18.4 Å². The van der Waals surface area contributed by atoms with Crippen molar-refractivity contribution < 1.29 is 4.79 Å². The largest absolute Gasteiger partial charge is 0.345 e. The normalized spacial score (nSPS) is 17.0. The van der Waals surface area contributed by atoms with E-state index in [2.05, 4.69) is 10.4 Å². The van der Waals surface area contributed by atoms with E-state index in [9.17, 15) is 4.79 Å². The van der Waals surface area contributed by atoms with Gasteiger partial charge in [0.05, 0.1) is 23.8 Å². The van der Waals surface area contributed by atoms with E-state index in [1.165, 1.54) is 19.3 Å². The van der Waals surface area contributed by atoms with Crippen LogP contribution in [0.1, 0.15) is 67.0 Å². The number of rotatable bonds is 4. The van der Waals surface area contributed by atoms with Gasteiger partial charge in [0, 0.05) is 11.2 Å². The summed E-state index contributed by atoms with van der Waals surface area (Å²) in [6.07, 6.45) is 9.66. The van der Waals surface area contributed by atoms with Gasteiger partial charge in [0.2, 0.25) is 0 Å². The molecular formula is C18H22ClN3O. The smallest absolute Gasteiger partial charge is 0.254 e. The first-order valence-corrected chi connectivity index (χ1v) is 8.62. The van der Waals surface area contributed by atoms with Gasteiger partial charge in [-0.2, -0.15) is 5.10 Å². The highest BCUT2D eigenvalue weighted by molar-refractivity contribution is 6.30. The summed E-state index contributed by atoms with van der Waals surface area (Å²) in [4.78, 5) is 12.4. The van der Waals surface area contributed by atoms with E-state index >= 15 is 0 Å². The number of carbonyl (C=O) groups is 1. The monoisotopic (exact) mass is 331 g/mol. The number of nitrogens with one attached hydrogen (secondary N) is 1. The van der Waals surface area contributed by atoms with E-state index in [-0.39, 0.29) is 11.9 Å². The topological polar surface area (TPSA) is 46.9 Å². The Kier molecular flexibility index (Phi) is 5.01. The Labute approximate surface area is 141 Å². The lowest BCUT2D eigenvalue weighted by Crippen LogP contribution is -2.26. The van der Waals surface area contributed by atoms with Gasteiger partial charge in [0.25, 0.3) is 5.91 Å². The SMILES string of the molecule is C[C@@H](NC(=O)c1cnn(C2CCCCC2)c1)c1ccc(Cl)cc1. The number of carbonyl (C=O) groups excluding carboxylic acids is 1. The molecule has 122 valence electrons. The first-order valence-electron chi connectivity index (χ1n) is 8.24. The van der Waals surface area contributed by atoms with Crippen molar-refractivity contribution in [3.8, 4) is 0 Å². The molecule has 1 aromatic heterocycles. The molecule has 0 spiro atoms. The zero-order valence-electron chi connectivity index (χ0n) is 13.3. The Morgan fingerprint density at radius 1 is 1.26 bits per heavy atom. The number of hydrogen-bond donors (Lipinski definition) is 1. The van der Waals surface area contributed by atoms with Gasteiger partial charge in [-0.05, 0) is 37.5 Å². The standard InChI is InChI=1S/C18H22ClN3O/c1-13(14-7-9-16(19)10-8-14)21-18(23)15-11-20-22(12-15)17-5-3-2-4-6-17/h7-13,17H,2-6H2,1H3,(H,21,23)/t13-/m1/s1. The van der Waals surface area contributed by atoms with Gasteiger partial charge < -0.3 is 5.32 Å². The Morgan fingerprint density at radius 3 is 2.65 bits per heavy atom. The summed E-state index contributed by atoms with van der Waals surface area (Å²) >= 11 is 5.90. The van der Waals surface area contributed by atoms with Crippen LogP contribution in [0.5, 0.6) is 0 Å². The Morgan fingerprint density at radius 2 is 1.96 bits per heavy atom. The van der Waals surface area contributed by atoms with Gasteiger partial charge in [-0.1, -0.05) is 43.0 Å². The van der Waals surface area contributed by atoms with Gasteiger partial charge in [0.15, 0.2) is 0 Å². The maximum atomic E-state index is 12.4. The second-order valence-electron chi connectivity index (χ2n) is 6.25. The lowest BCUT2D eigenvalue weighted by molar-refractivity contribution is 0.0939. The molecule has 1 amide bonds. The molecule has 0 bridgehead atoms. The zero-order valence-corrected chi connectivity index (χ0v) is 14.1. The molecule has 4 nitrogen and oxygen atoms in total. The fourth-order valence-corrected chi connectivity index (χ4v) is 3.24. The van der Waals surface area contributed by atoms with Crippen LogP contribution in [0.2, 0.25) is 5.02 Å². The molecule has 1 atom stereocenters. The molecule has 3 rings (SSSR count). The number of halogens is 1. The van der Waals surface area contributed by atoms with Gasteiger partial charge >= 0.3 is 0 Å². The third-order valence-electron chi connectivity index (χ3n) is 4.53. The molecule has 5 heteroatoms. The summed E-state index contributed by atoms with van der Waals surface area (Å²) in [5.74, 6) is -0.0884. The van der Waals surface area contributed by atoms with Crippen molar-refractivity contribution in [1.82, 2.24) is 15.1 Å². The highest BCUT2D eigenvalue weighted by atomic mass is 35.5. The van der Waals surface area contributed by atoms with Gasteiger partial charge in [0.1, 0.15) is 0 Å². The molecule has 1 fully saturated rings. The van der Waals surface area contributed by atoms with Crippen molar-refractivity contribution in [2.75, 3.05) is 0 Å². The Balaban J connectivity index is 1.63. The molecule has 0 radical (unpaired) electrons. The number of benzene rings is 1. The van der Waals surface area contributed by atoms with Crippen LogP contribution in [0.25, 0.3) is 0 Å². The summed E-state index contributed by atoms with van der Waals surface area (Å²) in [7, 11) is 0. The fraction of sp³-hybridized carbons (Fsp3) is 0.444. The second kappa shape index (κ2) is 7.18. The lowest BCUT2D eigenvalue weighted by atomic mass is 9.96. The second-order valence-corrected chi connectivity index (χ2v) is 6.68. The van der Waals surface area contributed by atoms with E-state index in [1.807, 2.05) is 42.1 Å². The van der Waals surface area contributed by atoms with Crippen LogP contribution < -0.4 is 5.32 Å². The van der Waals surface area contributed by atoms with Crippen molar-refractivity contribution in [3.05, 3.63) is 52.8 Å². The van der Waals surface area contributed by atoms with Crippen molar-refractivity contribution >= 4 is 17.5 Å². The highest BCUT2D eigenvalue weighted by Crippen LogP contribution is 2.27. The molecule has 1 aliphatic rings. The molecule has 1 heterocycles. The van der Waals surface area contributed by atoms with Crippen LogP contribution in [0.15, 0.2) is 36.7 Å². The lowest BCUT2D eigenvalue weighted by Gasteiger charge is -2.21. The maximum absolute atomic E-state index is 12.4. The predicted octanol–water partition coefficient (Wildman–Crippen LogP) is 4.53. The van der Waals surface area contributed by atoms with Crippen LogP contribution in [-0.4, -0.2) is 15.7 Å². The minimum atomic E-state index is -0.0884. The summed E-state index contributed by atoms with van der Waals surface area (Å²) in [5.41, 5.74) is 1.65. The molecule has 0 unspecified atom stereocenters. The van der Waals surface area contributed by atoms with Gasteiger partial charge in [-0.15, -0.1) is 0 Å². The number of amides is 1. The maximum Gasteiger partial charge on any atom is 0.254 e. The van der Waals surface area contributed by atoms with Crippen molar-refractivity contribution in [3.63, 3.8) is 0 Å². The average molecular weight is 332 g/mol. The van der Waals surface area contributed by atoms with Crippen LogP contribution in [-0.2, 0) is 0 Å². The third kappa shape index (κ3) is 3.94. The molecule has 1 N–H and O–H groups in total. The molecule has 23 heavy (non-hydrogen) atoms. The summed E-state index contributed by atoms with van der Waals surface area (Å²) in [6.45, 7) is 1.96. The first-order chi connectivity index (χ1) is 11.1. The van der Waals surface area contributed by atoms with Crippen LogP contribution in [0.3, 0.4) is 0 Å². The number of aromatic nitrogens is 2. The molecule has 1 saturated carbocycles. The van der Waals surface area contributed by atoms with Crippen molar-refractivity contribution in [2.45, 2.75) is 51.1 Å². The van der Waals surface area contributed by atoms with E-state index < -0.39 is 0 Å². The zero-order chi connectivity index (χ0) is 16.2. The quantitative estimate of drug-likeness (QED) is 0.894. The molecule has 1 aromatic carbocycles. The van der Waals surface area contributed by atoms with E-state index in [4.69, 9.17) is 11.6 Å². The fourth-order valence-electron chi connectivity index (χ4n) is 3.12. The van der Waals surface area contributed by atoms with Gasteiger partial charge in [-0.3, -0.25) is 9.48 Å². The molecule has 0 saturated heterocycles. The molecular weight excluding hydrogens is 310 g/mol. The summed E-state index contributed by atoms with van der Waals surface area (Å²) in [5, 5.41) is 8.10. The molecule has 2 aromatic rings. The summed E-state index contributed by atoms with van der Waals surface area (Å²) in [6, 6.07) is 7.90. The van der Waals surface area contributed by atoms with Crippen LogP contribution in [0, 0.1) is 0 Å². The van der Waals surface area contributed by atoms with E-state index in [0.29, 0.717) is 16.6 Å². The van der Waals surface area contributed by atoms with Crippen LogP contribution in [0.4, 0.5) is 0 Å². The van der Waals surface area contributed by atoms with Crippen molar-refractivity contribution in [2.24, 2.45) is 0 Å². The van der Waals surface area contributed by atoms with Crippen LogP contribution >= 0.6 is 11.6 Å². The van der Waals surface area contributed by atoms with Crippen molar-refractivity contribution in [1.29, 1.82) is 0 Å². The average Bonchev–Trinajstić information content (AvgIpc) is 3.06. The Bertz CT molecular complexity index is 659. The minimum absolute atomic E-state index is 0.0715. The Hall–Kier alpha value is -1.81. The van der Waals surface area contributed by atoms with E-state index in [1.54, 1.807) is 6.20 Å².